The van der Waals surface area contributed by atoms with E-state index in [4.69, 9.17) is 9.84 Å². The Kier molecular flexibility index (Phi) is 6.33. The molecule has 0 aliphatic heterocycles. The molecule has 134 valence electrons. The number of hydrogen-bond donors (Lipinski definition) is 2. The summed E-state index contributed by atoms with van der Waals surface area (Å²) in [5.74, 6) is 0.716. The number of aromatic nitrogens is 2. The van der Waals surface area contributed by atoms with Gasteiger partial charge in [-0.2, -0.15) is 0 Å². The van der Waals surface area contributed by atoms with Crippen LogP contribution in [-0.2, 0) is 17.8 Å². The number of benzene rings is 2. The molecular formula is C20H20BrN3O2. The second-order valence-electron chi connectivity index (χ2n) is 5.82. The molecule has 0 saturated heterocycles. The van der Waals surface area contributed by atoms with Crippen LogP contribution in [0.25, 0.3) is 11.3 Å². The highest BCUT2D eigenvalue weighted by atomic mass is 79.9. The van der Waals surface area contributed by atoms with E-state index in [1.165, 1.54) is 0 Å². The maximum absolute atomic E-state index is 9.00. The summed E-state index contributed by atoms with van der Waals surface area (Å²) >= 11 is 3.52. The summed E-state index contributed by atoms with van der Waals surface area (Å²) in [4.78, 5) is 8.73. The molecule has 3 rings (SSSR count). The van der Waals surface area contributed by atoms with Crippen LogP contribution >= 0.6 is 15.9 Å². The Morgan fingerprint density at radius 2 is 1.88 bits per heavy atom. The van der Waals surface area contributed by atoms with Crippen molar-refractivity contribution < 1.29 is 9.84 Å². The van der Waals surface area contributed by atoms with E-state index < -0.39 is 0 Å². The van der Waals surface area contributed by atoms with E-state index in [1.54, 1.807) is 13.4 Å². The summed E-state index contributed by atoms with van der Waals surface area (Å²) in [7, 11) is 1.68. The van der Waals surface area contributed by atoms with Crippen molar-refractivity contribution >= 4 is 27.4 Å². The van der Waals surface area contributed by atoms with Crippen molar-refractivity contribution in [3.63, 3.8) is 0 Å². The third-order valence-electron chi connectivity index (χ3n) is 3.94. The van der Waals surface area contributed by atoms with Crippen molar-refractivity contribution in [2.24, 2.45) is 0 Å². The van der Waals surface area contributed by atoms with Crippen molar-refractivity contribution in [2.75, 3.05) is 19.0 Å². The van der Waals surface area contributed by atoms with Gasteiger partial charge in [-0.3, -0.25) is 0 Å². The third kappa shape index (κ3) is 4.66. The first-order chi connectivity index (χ1) is 12.7. The van der Waals surface area contributed by atoms with Crippen molar-refractivity contribution in [1.82, 2.24) is 9.97 Å². The summed E-state index contributed by atoms with van der Waals surface area (Å²) in [6.07, 6.45) is 2.21. The largest absolute Gasteiger partial charge is 0.396 e. The van der Waals surface area contributed by atoms with Crippen molar-refractivity contribution in [1.29, 1.82) is 0 Å². The fourth-order valence-corrected chi connectivity index (χ4v) is 3.03. The number of rotatable bonds is 7. The van der Waals surface area contributed by atoms with Crippen LogP contribution in [0.3, 0.4) is 0 Å². The monoisotopic (exact) mass is 413 g/mol. The molecule has 0 aliphatic rings. The second kappa shape index (κ2) is 8.89. The number of anilines is 2. The normalized spacial score (nSPS) is 10.7. The lowest BCUT2D eigenvalue weighted by Crippen LogP contribution is -1.98. The Morgan fingerprint density at radius 3 is 2.62 bits per heavy atom. The van der Waals surface area contributed by atoms with Gasteiger partial charge in [0.1, 0.15) is 12.1 Å². The predicted molar refractivity (Wildman–Crippen MR) is 106 cm³/mol. The zero-order chi connectivity index (χ0) is 18.4. The summed E-state index contributed by atoms with van der Waals surface area (Å²) in [6.45, 7) is 0.667. The molecule has 5 nitrogen and oxygen atoms in total. The minimum atomic E-state index is 0.151. The smallest absolute Gasteiger partial charge is 0.134 e. The molecule has 0 unspecified atom stereocenters. The molecule has 2 N–H and O–H groups in total. The topological polar surface area (TPSA) is 67.3 Å². The Hall–Kier alpha value is -2.28. The van der Waals surface area contributed by atoms with E-state index in [-0.39, 0.29) is 6.61 Å². The molecule has 0 amide bonds. The number of methoxy groups -OCH3 is 1. The van der Waals surface area contributed by atoms with Gasteiger partial charge >= 0.3 is 0 Å². The highest BCUT2D eigenvalue weighted by Crippen LogP contribution is 2.28. The Balaban J connectivity index is 1.85. The molecule has 0 saturated carbocycles. The number of nitrogens with zero attached hydrogens (tertiary/aromatic N) is 2. The molecule has 1 heterocycles. The molecular weight excluding hydrogens is 394 g/mol. The van der Waals surface area contributed by atoms with Gasteiger partial charge in [-0.25, -0.2) is 9.97 Å². The number of hydrogen-bond acceptors (Lipinski definition) is 5. The molecule has 0 radical (unpaired) electrons. The quantitative estimate of drug-likeness (QED) is 0.603. The lowest BCUT2D eigenvalue weighted by Gasteiger charge is -2.11. The van der Waals surface area contributed by atoms with E-state index in [1.807, 2.05) is 48.5 Å². The van der Waals surface area contributed by atoms with Gasteiger partial charge in [-0.15, -0.1) is 0 Å². The molecule has 0 aliphatic carbocycles. The minimum Gasteiger partial charge on any atom is -0.396 e. The molecule has 0 spiro atoms. The maximum Gasteiger partial charge on any atom is 0.134 e. The number of nitrogens with one attached hydrogen (secondary N) is 1. The fourth-order valence-electron chi connectivity index (χ4n) is 2.67. The standard InChI is InChI=1S/C20H20BrN3O2/c1-26-12-15-4-5-16(21)10-18(15)19-11-20(23-13-22-19)24-17-6-2-14(3-7-17)8-9-25/h2-7,10-11,13,25H,8-9,12H2,1H3,(H,22,23,24). The zero-order valence-electron chi connectivity index (χ0n) is 14.4. The second-order valence-corrected chi connectivity index (χ2v) is 6.73. The molecule has 26 heavy (non-hydrogen) atoms. The van der Waals surface area contributed by atoms with Crippen molar-refractivity contribution in [3.05, 3.63) is 70.5 Å². The summed E-state index contributed by atoms with van der Waals surface area (Å²) in [5.41, 5.74) is 4.92. The van der Waals surface area contributed by atoms with E-state index in [2.05, 4.69) is 31.2 Å². The van der Waals surface area contributed by atoms with Gasteiger partial charge in [0.2, 0.25) is 0 Å². The zero-order valence-corrected chi connectivity index (χ0v) is 16.0. The lowest BCUT2D eigenvalue weighted by atomic mass is 10.0. The SMILES string of the molecule is COCc1ccc(Br)cc1-c1cc(Nc2ccc(CCO)cc2)ncn1. The summed E-state index contributed by atoms with van der Waals surface area (Å²) in [5, 5.41) is 12.3. The third-order valence-corrected chi connectivity index (χ3v) is 4.43. The van der Waals surface area contributed by atoms with Gasteiger partial charge in [0.15, 0.2) is 0 Å². The Bertz CT molecular complexity index is 869. The predicted octanol–water partition coefficient (Wildman–Crippen LogP) is 4.33. The average molecular weight is 414 g/mol. The van der Waals surface area contributed by atoms with Crippen LogP contribution in [0.1, 0.15) is 11.1 Å². The maximum atomic E-state index is 9.00. The summed E-state index contributed by atoms with van der Waals surface area (Å²) < 4.78 is 6.28. The fraction of sp³-hybridized carbons (Fsp3) is 0.200. The van der Waals surface area contributed by atoms with Gasteiger partial charge in [0.05, 0.1) is 12.3 Å². The molecule has 3 aromatic rings. The molecule has 1 aromatic heterocycles. The van der Waals surface area contributed by atoms with Crippen LogP contribution in [-0.4, -0.2) is 28.8 Å². The summed E-state index contributed by atoms with van der Waals surface area (Å²) in [6, 6.07) is 15.9. The molecule has 0 atom stereocenters. The van der Waals surface area contributed by atoms with Crippen molar-refractivity contribution in [3.8, 4) is 11.3 Å². The Morgan fingerprint density at radius 1 is 1.08 bits per heavy atom. The highest BCUT2D eigenvalue weighted by Gasteiger charge is 2.09. The van der Waals surface area contributed by atoms with Crippen LogP contribution in [0, 0.1) is 0 Å². The first kappa shape index (κ1) is 18.5. The molecule has 2 aromatic carbocycles. The Labute approximate surface area is 161 Å². The van der Waals surface area contributed by atoms with E-state index in [0.717, 1.165) is 32.5 Å². The van der Waals surface area contributed by atoms with Gasteiger partial charge < -0.3 is 15.2 Å². The number of halogens is 1. The van der Waals surface area contributed by atoms with Crippen LogP contribution < -0.4 is 5.32 Å². The van der Waals surface area contributed by atoms with E-state index in [0.29, 0.717) is 18.8 Å². The van der Waals surface area contributed by atoms with Crippen LogP contribution in [0.15, 0.2) is 59.3 Å². The molecule has 0 bridgehead atoms. The van der Waals surface area contributed by atoms with Gasteiger partial charge in [0, 0.05) is 35.5 Å². The van der Waals surface area contributed by atoms with E-state index in [9.17, 15) is 0 Å². The first-order valence-electron chi connectivity index (χ1n) is 8.26. The van der Waals surface area contributed by atoms with Gasteiger partial charge in [0.25, 0.3) is 0 Å². The van der Waals surface area contributed by atoms with E-state index >= 15 is 0 Å². The first-order valence-corrected chi connectivity index (χ1v) is 9.05. The van der Waals surface area contributed by atoms with Crippen LogP contribution in [0.5, 0.6) is 0 Å². The van der Waals surface area contributed by atoms with Crippen LogP contribution in [0.4, 0.5) is 11.5 Å². The molecule has 0 fully saturated rings. The number of ether oxygens (including phenoxy) is 1. The van der Waals surface area contributed by atoms with Gasteiger partial charge in [-0.1, -0.05) is 34.1 Å². The van der Waals surface area contributed by atoms with Crippen LogP contribution in [0.2, 0.25) is 0 Å². The molecule has 6 heteroatoms. The van der Waals surface area contributed by atoms with Crippen molar-refractivity contribution in [2.45, 2.75) is 13.0 Å². The number of aliphatic hydroxyl groups excluding tert-OH is 1. The van der Waals surface area contributed by atoms with Gasteiger partial charge in [-0.05, 0) is 41.8 Å². The number of aliphatic hydroxyl groups is 1. The highest BCUT2D eigenvalue weighted by molar-refractivity contribution is 9.10. The lowest BCUT2D eigenvalue weighted by molar-refractivity contribution is 0.185. The minimum absolute atomic E-state index is 0.151. The average Bonchev–Trinajstić information content (AvgIpc) is 2.65.